The lowest BCUT2D eigenvalue weighted by atomic mass is 10.5. The molecule has 1 aromatic rings. The first-order valence-corrected chi connectivity index (χ1v) is 4.44. The molecule has 0 atom stereocenters. The van der Waals surface area contributed by atoms with E-state index in [4.69, 9.17) is 0 Å². The van der Waals surface area contributed by atoms with Crippen LogP contribution in [0.1, 0.15) is 0 Å². The molecule has 1 heterocycles. The monoisotopic (exact) mass is 301 g/mol. The van der Waals surface area contributed by atoms with Crippen molar-refractivity contribution in [2.75, 3.05) is 0 Å². The number of rotatable bonds is 2. The lowest BCUT2D eigenvalue weighted by Gasteiger charge is -2.03. The Balaban J connectivity index is 2.82. The van der Waals surface area contributed by atoms with Crippen LogP contribution in [0.2, 0.25) is 0 Å². The first-order valence-electron chi connectivity index (χ1n) is 2.85. The summed E-state index contributed by atoms with van der Waals surface area (Å²) in [7, 11) is 0. The van der Waals surface area contributed by atoms with Gasteiger partial charge in [-0.3, -0.25) is 0 Å². The fourth-order valence-electron chi connectivity index (χ4n) is 0.571. The number of hydrogen-bond acceptors (Lipinski definition) is 2. The molecule has 0 saturated heterocycles. The smallest absolute Gasteiger partial charge is 0.387 e. The van der Waals surface area contributed by atoms with E-state index in [0.29, 0.717) is 9.08 Å². The summed E-state index contributed by atoms with van der Waals surface area (Å²) in [5, 5.41) is 0. The molecular weight excluding hydrogens is 300 g/mol. The van der Waals surface area contributed by atoms with Crippen molar-refractivity contribution in [3.63, 3.8) is 0 Å². The minimum absolute atomic E-state index is 0.0278. The topological polar surface area (TPSA) is 22.1 Å². The van der Waals surface area contributed by atoms with Gasteiger partial charge >= 0.3 is 6.61 Å². The molecule has 0 aliphatic rings. The van der Waals surface area contributed by atoms with Gasteiger partial charge in [0.15, 0.2) is 0 Å². The highest BCUT2D eigenvalue weighted by molar-refractivity contribution is 9.13. The average Bonchev–Trinajstić information content (AvgIpc) is 1.96. The summed E-state index contributed by atoms with van der Waals surface area (Å²) in [6.45, 7) is -2.82. The van der Waals surface area contributed by atoms with E-state index in [0.717, 1.165) is 0 Å². The molecule has 0 bridgehead atoms. The van der Waals surface area contributed by atoms with Crippen LogP contribution in [0.5, 0.6) is 5.75 Å². The van der Waals surface area contributed by atoms with Crippen LogP contribution in [-0.4, -0.2) is 11.6 Å². The molecule has 0 saturated carbocycles. The Morgan fingerprint density at radius 1 is 1.42 bits per heavy atom. The lowest BCUT2D eigenvalue weighted by Crippen LogP contribution is -2.02. The summed E-state index contributed by atoms with van der Waals surface area (Å²) in [5.74, 6) is 0.0278. The third-order valence-corrected chi connectivity index (χ3v) is 2.76. The molecule has 0 radical (unpaired) electrons. The van der Waals surface area contributed by atoms with Gasteiger partial charge in [0, 0.05) is 0 Å². The summed E-state index contributed by atoms with van der Waals surface area (Å²) in [6.07, 6.45) is 1.21. The molecule has 0 spiro atoms. The van der Waals surface area contributed by atoms with E-state index in [1.54, 1.807) is 0 Å². The Morgan fingerprint density at radius 2 is 2.08 bits per heavy atom. The van der Waals surface area contributed by atoms with Crippen molar-refractivity contribution in [1.82, 2.24) is 4.98 Å². The fourth-order valence-corrected chi connectivity index (χ4v) is 1.12. The van der Waals surface area contributed by atoms with Crippen molar-refractivity contribution in [1.29, 1.82) is 0 Å². The number of hydrogen-bond donors (Lipinski definition) is 0. The molecule has 0 fully saturated rings. The summed E-state index contributed by atoms with van der Waals surface area (Å²) >= 11 is 6.20. The van der Waals surface area contributed by atoms with Gasteiger partial charge in [0.2, 0.25) is 0 Å². The van der Waals surface area contributed by atoms with Crippen LogP contribution in [0.15, 0.2) is 21.3 Å². The van der Waals surface area contributed by atoms with E-state index < -0.39 is 6.61 Å². The van der Waals surface area contributed by atoms with Crippen molar-refractivity contribution in [2.45, 2.75) is 6.61 Å². The Bertz CT molecular complexity index is 282. The van der Waals surface area contributed by atoms with Crippen molar-refractivity contribution < 1.29 is 13.5 Å². The minimum atomic E-state index is -2.82. The fraction of sp³-hybridized carbons (Fsp3) is 0.167. The average molecular weight is 303 g/mol. The number of halogens is 4. The van der Waals surface area contributed by atoms with Crippen LogP contribution in [0.3, 0.4) is 0 Å². The second-order valence-electron chi connectivity index (χ2n) is 1.82. The molecule has 0 N–H and O–H groups in total. The predicted molar refractivity (Wildman–Crippen MR) is 46.3 cm³/mol. The van der Waals surface area contributed by atoms with Gasteiger partial charge in [0.05, 0.1) is 10.7 Å². The SMILES string of the molecule is FC(F)Oc1cnc(Br)c(Br)c1. The van der Waals surface area contributed by atoms with Gasteiger partial charge in [-0.2, -0.15) is 8.78 Å². The maximum absolute atomic E-state index is 11.7. The third kappa shape index (κ3) is 2.67. The van der Waals surface area contributed by atoms with Crippen LogP contribution in [-0.2, 0) is 0 Å². The molecule has 1 rings (SSSR count). The summed E-state index contributed by atoms with van der Waals surface area (Å²) in [6, 6.07) is 1.41. The molecule has 0 amide bonds. The van der Waals surface area contributed by atoms with E-state index in [2.05, 4.69) is 41.6 Å². The van der Waals surface area contributed by atoms with Gasteiger partial charge in [-0.15, -0.1) is 0 Å². The molecule has 0 aliphatic carbocycles. The summed E-state index contributed by atoms with van der Waals surface area (Å²) in [4.78, 5) is 3.74. The first-order chi connectivity index (χ1) is 5.59. The standard InChI is InChI=1S/C6H3Br2F2NO/c7-4-1-3(12-6(9)10)2-11-5(4)8/h1-2,6H. The largest absolute Gasteiger partial charge is 0.433 e. The van der Waals surface area contributed by atoms with E-state index in [1.165, 1.54) is 12.3 Å². The molecule has 1 aromatic heterocycles. The van der Waals surface area contributed by atoms with Crippen molar-refractivity contribution in [2.24, 2.45) is 0 Å². The van der Waals surface area contributed by atoms with Gasteiger partial charge in [-0.25, -0.2) is 4.98 Å². The Hall–Kier alpha value is -0.230. The van der Waals surface area contributed by atoms with Gasteiger partial charge in [0.1, 0.15) is 10.4 Å². The number of aromatic nitrogens is 1. The zero-order valence-corrected chi connectivity index (χ0v) is 8.77. The van der Waals surface area contributed by atoms with Crippen LogP contribution in [0, 0.1) is 0 Å². The summed E-state index contributed by atoms with van der Waals surface area (Å²) < 4.78 is 28.6. The number of nitrogens with zero attached hydrogens (tertiary/aromatic N) is 1. The van der Waals surface area contributed by atoms with Crippen molar-refractivity contribution in [3.8, 4) is 5.75 Å². The highest BCUT2D eigenvalue weighted by Crippen LogP contribution is 2.25. The van der Waals surface area contributed by atoms with Gasteiger partial charge < -0.3 is 4.74 Å². The first kappa shape index (κ1) is 9.85. The molecule has 12 heavy (non-hydrogen) atoms. The molecule has 0 aliphatic heterocycles. The van der Waals surface area contributed by atoms with Crippen LogP contribution in [0.4, 0.5) is 8.78 Å². The quantitative estimate of drug-likeness (QED) is 0.783. The number of ether oxygens (including phenoxy) is 1. The zero-order chi connectivity index (χ0) is 9.14. The van der Waals surface area contributed by atoms with Crippen molar-refractivity contribution >= 4 is 31.9 Å². The van der Waals surface area contributed by atoms with Crippen LogP contribution < -0.4 is 4.74 Å². The van der Waals surface area contributed by atoms with E-state index >= 15 is 0 Å². The number of alkyl halides is 2. The zero-order valence-electron chi connectivity index (χ0n) is 5.60. The van der Waals surface area contributed by atoms with Gasteiger partial charge in [0.25, 0.3) is 0 Å². The highest BCUT2D eigenvalue weighted by Gasteiger charge is 2.06. The summed E-state index contributed by atoms with van der Waals surface area (Å²) in [5.41, 5.74) is 0. The Kier molecular flexibility index (Phi) is 3.39. The second-order valence-corrected chi connectivity index (χ2v) is 3.43. The van der Waals surface area contributed by atoms with Crippen LogP contribution in [0.25, 0.3) is 0 Å². The molecular formula is C6H3Br2F2NO. The normalized spacial score (nSPS) is 10.4. The van der Waals surface area contributed by atoms with E-state index in [9.17, 15) is 8.78 Å². The molecule has 0 unspecified atom stereocenters. The molecule has 6 heteroatoms. The lowest BCUT2D eigenvalue weighted by molar-refractivity contribution is -0.0501. The van der Waals surface area contributed by atoms with Crippen molar-refractivity contribution in [3.05, 3.63) is 21.3 Å². The second kappa shape index (κ2) is 4.13. The highest BCUT2D eigenvalue weighted by atomic mass is 79.9. The van der Waals surface area contributed by atoms with Gasteiger partial charge in [-0.05, 0) is 37.9 Å². The molecule has 66 valence electrons. The number of pyridine rings is 1. The predicted octanol–water partition coefficient (Wildman–Crippen LogP) is 3.21. The minimum Gasteiger partial charge on any atom is -0.433 e. The maximum atomic E-state index is 11.7. The molecule has 0 aromatic carbocycles. The van der Waals surface area contributed by atoms with E-state index in [-0.39, 0.29) is 5.75 Å². The van der Waals surface area contributed by atoms with E-state index in [1.807, 2.05) is 0 Å². The third-order valence-electron chi connectivity index (χ3n) is 0.996. The van der Waals surface area contributed by atoms with Gasteiger partial charge in [-0.1, -0.05) is 0 Å². The maximum Gasteiger partial charge on any atom is 0.387 e. The molecule has 2 nitrogen and oxygen atoms in total. The van der Waals surface area contributed by atoms with Crippen LogP contribution >= 0.6 is 31.9 Å². The Morgan fingerprint density at radius 3 is 2.58 bits per heavy atom. The Labute approximate surface area is 84.2 Å².